The lowest BCUT2D eigenvalue weighted by Gasteiger charge is -2.27. The number of ether oxygens (including phenoxy) is 4. The summed E-state index contributed by atoms with van der Waals surface area (Å²) in [6.07, 6.45) is 0.564. The molecule has 0 amide bonds. The molecular weight excluding hydrogens is 695 g/mol. The third-order valence-corrected chi connectivity index (χ3v) is 12.8. The summed E-state index contributed by atoms with van der Waals surface area (Å²) < 4.78 is 38.3. The molecule has 1 heterocycles. The molecule has 0 radical (unpaired) electrons. The molecule has 4 aromatic carbocycles. The molecule has 5 rings (SSSR count). The van der Waals surface area contributed by atoms with E-state index in [1.807, 2.05) is 43.3 Å². The van der Waals surface area contributed by atoms with Crippen molar-refractivity contribution in [3.05, 3.63) is 106 Å². The topological polar surface area (TPSA) is 105 Å². The Kier molecular flexibility index (Phi) is 13.1. The van der Waals surface area contributed by atoms with Gasteiger partial charge in [-0.25, -0.2) is 0 Å². The molecule has 0 aliphatic rings. The normalized spacial score (nSPS) is 12.2. The number of methoxy groups -OCH3 is 4. The minimum absolute atomic E-state index is 0.0130. The van der Waals surface area contributed by atoms with Crippen LogP contribution in [0.3, 0.4) is 0 Å². The molecule has 0 saturated heterocycles. The molecule has 0 spiro atoms. The van der Waals surface area contributed by atoms with E-state index in [0.29, 0.717) is 12.3 Å². The molecule has 10 heteroatoms. The Morgan fingerprint density at radius 3 is 1.56 bits per heavy atom. The lowest BCUT2D eigenvalue weighted by Crippen LogP contribution is -2.21. The van der Waals surface area contributed by atoms with Gasteiger partial charge in [0.2, 0.25) is 18.2 Å². The zero-order valence-electron chi connectivity index (χ0n) is 31.7. The predicted molar refractivity (Wildman–Crippen MR) is 213 cm³/mol. The first-order valence-corrected chi connectivity index (χ1v) is 19.9. The molecule has 1 unspecified atom stereocenters. The Bertz CT molecular complexity index is 2060. The Labute approximate surface area is 310 Å². The summed E-state index contributed by atoms with van der Waals surface area (Å²) in [5.41, 5.74) is -0.396. The second-order valence-electron chi connectivity index (χ2n) is 14.3. The first-order valence-electron chi connectivity index (χ1n) is 17.2. The van der Waals surface area contributed by atoms with Crippen molar-refractivity contribution in [2.75, 3.05) is 34.6 Å². The van der Waals surface area contributed by atoms with Gasteiger partial charge in [0.05, 0.1) is 28.4 Å². The van der Waals surface area contributed by atoms with Crippen LogP contribution in [0.15, 0.2) is 83.7 Å². The SMILES string of the molecule is CC(C)c1cccc2sc3ccccc3c(=O)c12.COc1cccc(OC)c1C(=O)P(=O)(CC(C)CC(C)(C)C)C(=O)c1c(OC)cccc1OC. The third kappa shape index (κ3) is 8.59. The van der Waals surface area contributed by atoms with E-state index in [2.05, 4.69) is 40.7 Å². The minimum Gasteiger partial charge on any atom is -0.496 e. The van der Waals surface area contributed by atoms with Gasteiger partial charge in [-0.05, 0) is 71.7 Å². The van der Waals surface area contributed by atoms with Crippen LogP contribution in [0.4, 0.5) is 0 Å². The fourth-order valence-electron chi connectivity index (χ4n) is 6.65. The van der Waals surface area contributed by atoms with Crippen molar-refractivity contribution in [3.8, 4) is 23.0 Å². The van der Waals surface area contributed by atoms with Crippen LogP contribution in [-0.4, -0.2) is 45.6 Å². The zero-order valence-corrected chi connectivity index (χ0v) is 33.4. The van der Waals surface area contributed by atoms with Crippen molar-refractivity contribution in [1.82, 2.24) is 0 Å². The van der Waals surface area contributed by atoms with E-state index >= 15 is 0 Å². The van der Waals surface area contributed by atoms with Crippen LogP contribution in [0.1, 0.15) is 80.2 Å². The Balaban J connectivity index is 0.000000279. The first kappa shape index (κ1) is 40.3. The van der Waals surface area contributed by atoms with E-state index in [4.69, 9.17) is 18.9 Å². The van der Waals surface area contributed by atoms with E-state index < -0.39 is 18.2 Å². The quantitative estimate of drug-likeness (QED) is 0.0918. The molecule has 0 saturated carbocycles. The molecular formula is C42H49O8PS. The average molecular weight is 745 g/mol. The van der Waals surface area contributed by atoms with E-state index in [1.54, 1.807) is 47.7 Å². The second-order valence-corrected chi connectivity index (χ2v) is 18.0. The fourth-order valence-corrected chi connectivity index (χ4v) is 10.4. The summed E-state index contributed by atoms with van der Waals surface area (Å²) in [6, 6.07) is 23.6. The number of carbonyl (C=O) groups is 2. The van der Waals surface area contributed by atoms with E-state index in [0.717, 1.165) is 25.7 Å². The molecule has 5 aromatic rings. The highest BCUT2D eigenvalue weighted by Gasteiger charge is 2.46. The molecule has 8 nitrogen and oxygen atoms in total. The minimum atomic E-state index is -4.25. The van der Waals surface area contributed by atoms with Crippen LogP contribution in [0, 0.1) is 11.3 Å². The van der Waals surface area contributed by atoms with Crippen molar-refractivity contribution >= 4 is 49.7 Å². The lowest BCUT2D eigenvalue weighted by atomic mass is 9.86. The van der Waals surface area contributed by atoms with Gasteiger partial charge in [-0.2, -0.15) is 0 Å². The largest absolute Gasteiger partial charge is 0.496 e. The summed E-state index contributed by atoms with van der Waals surface area (Å²) in [5.74, 6) is 0.941. The number of fused-ring (bicyclic) bond motifs is 2. The Hall–Kier alpha value is -4.46. The molecule has 0 N–H and O–H groups in total. The molecule has 0 aliphatic heterocycles. The van der Waals surface area contributed by atoms with Crippen LogP contribution in [-0.2, 0) is 4.57 Å². The van der Waals surface area contributed by atoms with Crippen molar-refractivity contribution in [3.63, 3.8) is 0 Å². The molecule has 52 heavy (non-hydrogen) atoms. The molecule has 1 aromatic heterocycles. The highest BCUT2D eigenvalue weighted by Crippen LogP contribution is 2.58. The third-order valence-electron chi connectivity index (χ3n) is 8.73. The highest BCUT2D eigenvalue weighted by molar-refractivity contribution is 7.95. The van der Waals surface area contributed by atoms with Crippen LogP contribution >= 0.6 is 18.5 Å². The summed E-state index contributed by atoms with van der Waals surface area (Å²) in [6.45, 7) is 12.3. The van der Waals surface area contributed by atoms with E-state index in [1.165, 1.54) is 28.4 Å². The van der Waals surface area contributed by atoms with Gasteiger partial charge in [-0.15, -0.1) is 11.3 Å². The van der Waals surface area contributed by atoms with Gasteiger partial charge >= 0.3 is 0 Å². The summed E-state index contributed by atoms with van der Waals surface area (Å²) in [7, 11) is 1.38. The van der Waals surface area contributed by atoms with Gasteiger partial charge in [-0.3, -0.25) is 14.4 Å². The van der Waals surface area contributed by atoms with Crippen LogP contribution in [0.25, 0.3) is 20.2 Å². The molecule has 1 atom stereocenters. The number of hydrogen-bond acceptors (Lipinski definition) is 9. The maximum Gasteiger partial charge on any atom is 0.236 e. The van der Waals surface area contributed by atoms with Gasteiger partial charge in [0.1, 0.15) is 34.1 Å². The molecule has 0 fully saturated rings. The number of benzene rings is 4. The summed E-state index contributed by atoms with van der Waals surface area (Å²) >= 11 is 1.70. The monoisotopic (exact) mass is 744 g/mol. The molecule has 0 aliphatic carbocycles. The smallest absolute Gasteiger partial charge is 0.236 e. The van der Waals surface area contributed by atoms with Gasteiger partial charge in [0.15, 0.2) is 5.43 Å². The summed E-state index contributed by atoms with van der Waals surface area (Å²) in [4.78, 5) is 40.7. The Morgan fingerprint density at radius 2 is 1.12 bits per heavy atom. The standard InChI is InChI=1S/C26H35O7P.C16H14OS/c1-17(15-26(2,3)4)16-34(29,24(27)22-18(30-5)11-9-12-19(22)31-6)25(28)23-20(32-7)13-10-14-21(23)33-8;1-10(2)11-7-5-9-14-15(11)16(17)12-6-3-4-8-13(12)18-14/h9-14,17H,15-16H2,1-8H3;3-10H,1-2H3. The number of hydrogen-bond donors (Lipinski definition) is 0. The second kappa shape index (κ2) is 16.9. The van der Waals surface area contributed by atoms with E-state index in [-0.39, 0.29) is 57.0 Å². The number of carbonyl (C=O) groups excluding carboxylic acids is 2. The Morgan fingerprint density at radius 1 is 0.673 bits per heavy atom. The maximum atomic E-state index is 14.7. The lowest BCUT2D eigenvalue weighted by molar-refractivity contribution is 0.103. The van der Waals surface area contributed by atoms with Gasteiger partial charge in [0, 0.05) is 26.3 Å². The summed E-state index contributed by atoms with van der Waals surface area (Å²) in [5, 5.41) is 1.74. The maximum absolute atomic E-state index is 14.7. The van der Waals surface area contributed by atoms with Crippen LogP contribution < -0.4 is 24.4 Å². The molecule has 0 bridgehead atoms. The van der Waals surface area contributed by atoms with Crippen LogP contribution in [0.5, 0.6) is 23.0 Å². The van der Waals surface area contributed by atoms with Crippen molar-refractivity contribution in [2.24, 2.45) is 11.3 Å². The highest BCUT2D eigenvalue weighted by atomic mass is 32.1. The van der Waals surface area contributed by atoms with Gasteiger partial charge in [0.25, 0.3) is 0 Å². The van der Waals surface area contributed by atoms with Crippen LogP contribution in [0.2, 0.25) is 0 Å². The predicted octanol–water partition coefficient (Wildman–Crippen LogP) is 10.7. The van der Waals surface area contributed by atoms with Crippen molar-refractivity contribution in [2.45, 2.75) is 53.9 Å². The number of rotatable bonds is 12. The average Bonchev–Trinajstić information content (AvgIpc) is 3.12. The van der Waals surface area contributed by atoms with Gasteiger partial charge < -0.3 is 23.5 Å². The zero-order chi connectivity index (χ0) is 38.4. The van der Waals surface area contributed by atoms with Crippen molar-refractivity contribution < 1.29 is 33.1 Å². The molecule has 276 valence electrons. The van der Waals surface area contributed by atoms with Gasteiger partial charge in [-0.1, -0.05) is 77.9 Å². The first-order chi connectivity index (χ1) is 24.6. The van der Waals surface area contributed by atoms with Crippen molar-refractivity contribution in [1.29, 1.82) is 0 Å². The van der Waals surface area contributed by atoms with E-state index in [9.17, 15) is 18.9 Å². The fraction of sp³-hybridized carbons (Fsp3) is 0.357.